The summed E-state index contributed by atoms with van der Waals surface area (Å²) < 4.78 is 28.0. The van der Waals surface area contributed by atoms with Crippen molar-refractivity contribution in [3.05, 3.63) is 5.82 Å². The summed E-state index contributed by atoms with van der Waals surface area (Å²) in [6, 6.07) is 0. The third-order valence-corrected chi connectivity index (χ3v) is 4.83. The van der Waals surface area contributed by atoms with Gasteiger partial charge < -0.3 is 10.3 Å². The van der Waals surface area contributed by atoms with E-state index in [-0.39, 0.29) is 25.2 Å². The van der Waals surface area contributed by atoms with Crippen molar-refractivity contribution >= 4 is 24.2 Å². The molecule has 4 nitrogen and oxygen atoms in total. The van der Waals surface area contributed by atoms with Gasteiger partial charge in [0.1, 0.15) is 5.82 Å². The van der Waals surface area contributed by atoms with Crippen LogP contribution in [0.15, 0.2) is 5.16 Å². The van der Waals surface area contributed by atoms with Crippen LogP contribution in [-0.2, 0) is 13.5 Å². The van der Waals surface area contributed by atoms with Gasteiger partial charge in [-0.1, -0.05) is 11.8 Å². The molecule has 0 bridgehead atoms. The molecule has 0 spiro atoms. The molecule has 0 unspecified atom stereocenters. The first-order valence-corrected chi connectivity index (χ1v) is 7.59. The van der Waals surface area contributed by atoms with Gasteiger partial charge in [0.15, 0.2) is 5.16 Å². The van der Waals surface area contributed by atoms with E-state index in [0.717, 1.165) is 16.7 Å². The average molecular weight is 327 g/mol. The molecule has 1 aliphatic carbocycles. The number of thioether (sulfide) groups is 1. The smallest absolute Gasteiger partial charge is 0.248 e. The van der Waals surface area contributed by atoms with E-state index in [2.05, 4.69) is 10.2 Å². The van der Waals surface area contributed by atoms with Crippen molar-refractivity contribution in [2.75, 3.05) is 12.3 Å². The summed E-state index contributed by atoms with van der Waals surface area (Å²) in [5, 5.41) is 9.05. The molecular weight excluding hydrogens is 306 g/mol. The molecule has 1 fully saturated rings. The average Bonchev–Trinajstić information content (AvgIpc) is 2.70. The van der Waals surface area contributed by atoms with E-state index in [9.17, 15) is 8.78 Å². The first-order valence-electron chi connectivity index (χ1n) is 6.61. The number of hydrogen-bond acceptors (Lipinski definition) is 4. The Bertz CT molecular complexity index is 418. The monoisotopic (exact) mass is 326 g/mol. The molecule has 2 rings (SSSR count). The topological polar surface area (TPSA) is 56.7 Å². The Morgan fingerprint density at radius 2 is 2.00 bits per heavy atom. The van der Waals surface area contributed by atoms with Crippen molar-refractivity contribution in [1.29, 1.82) is 0 Å². The number of nitrogens with two attached hydrogens (primary N) is 1. The summed E-state index contributed by atoms with van der Waals surface area (Å²) in [7, 11) is 1.92. The van der Waals surface area contributed by atoms with Crippen molar-refractivity contribution in [1.82, 2.24) is 14.8 Å². The second-order valence-electron chi connectivity index (χ2n) is 5.11. The van der Waals surface area contributed by atoms with Crippen LogP contribution in [0, 0.1) is 5.92 Å². The predicted molar refractivity (Wildman–Crippen MR) is 78.6 cm³/mol. The molecule has 1 aromatic heterocycles. The number of alkyl halides is 2. The molecule has 1 saturated carbocycles. The van der Waals surface area contributed by atoms with Gasteiger partial charge in [-0.05, 0) is 25.3 Å². The molecule has 1 heterocycles. The number of nitrogens with zero attached hydrogens (tertiary/aromatic N) is 3. The van der Waals surface area contributed by atoms with E-state index < -0.39 is 5.92 Å². The highest BCUT2D eigenvalue weighted by Gasteiger charge is 2.34. The fraction of sp³-hybridized carbons (Fsp3) is 0.833. The first kappa shape index (κ1) is 17.7. The second-order valence-corrected chi connectivity index (χ2v) is 6.09. The van der Waals surface area contributed by atoms with Crippen LogP contribution in [0.25, 0.3) is 0 Å². The minimum absolute atomic E-state index is 0. The largest absolute Gasteiger partial charge is 0.330 e. The summed E-state index contributed by atoms with van der Waals surface area (Å²) in [4.78, 5) is 0. The molecular formula is C12H21ClF2N4S. The van der Waals surface area contributed by atoms with Crippen LogP contribution < -0.4 is 5.73 Å². The van der Waals surface area contributed by atoms with Crippen LogP contribution in [0.1, 0.15) is 31.5 Å². The Kier molecular flexibility index (Phi) is 6.68. The van der Waals surface area contributed by atoms with Gasteiger partial charge in [0.05, 0.1) is 0 Å². The highest BCUT2D eigenvalue weighted by atomic mass is 35.5. The number of hydrogen-bond donors (Lipinski definition) is 1. The van der Waals surface area contributed by atoms with Gasteiger partial charge in [0, 0.05) is 32.1 Å². The van der Waals surface area contributed by atoms with E-state index in [1.54, 1.807) is 11.8 Å². The van der Waals surface area contributed by atoms with E-state index >= 15 is 0 Å². The maximum absolute atomic E-state index is 13.0. The highest BCUT2D eigenvalue weighted by Crippen LogP contribution is 2.38. The normalized spacial score (nSPS) is 18.8. The SMILES string of the molecule is Cl.Cn1c(CCN)nnc1SCC1CCC(F)(F)CC1. The summed E-state index contributed by atoms with van der Waals surface area (Å²) in [6.45, 7) is 0.550. The van der Waals surface area contributed by atoms with Crippen LogP contribution in [0.5, 0.6) is 0 Å². The molecule has 0 saturated heterocycles. The Hall–Kier alpha value is -0.400. The van der Waals surface area contributed by atoms with Crippen LogP contribution in [0.2, 0.25) is 0 Å². The quantitative estimate of drug-likeness (QED) is 0.845. The number of halogens is 3. The molecule has 0 aliphatic heterocycles. The second kappa shape index (κ2) is 7.56. The summed E-state index contributed by atoms with van der Waals surface area (Å²) >= 11 is 1.60. The highest BCUT2D eigenvalue weighted by molar-refractivity contribution is 7.99. The third kappa shape index (κ3) is 4.56. The lowest BCUT2D eigenvalue weighted by molar-refractivity contribution is -0.0433. The van der Waals surface area contributed by atoms with Crippen molar-refractivity contribution < 1.29 is 8.78 Å². The van der Waals surface area contributed by atoms with Crippen LogP contribution >= 0.6 is 24.2 Å². The third-order valence-electron chi connectivity index (χ3n) is 3.58. The van der Waals surface area contributed by atoms with Crippen molar-refractivity contribution in [3.63, 3.8) is 0 Å². The van der Waals surface area contributed by atoms with Crippen LogP contribution in [-0.4, -0.2) is 33.0 Å². The Morgan fingerprint density at radius 3 is 2.60 bits per heavy atom. The van der Waals surface area contributed by atoms with Gasteiger partial charge in [0.2, 0.25) is 5.92 Å². The minimum atomic E-state index is -2.44. The van der Waals surface area contributed by atoms with Gasteiger partial charge in [0.25, 0.3) is 0 Å². The zero-order chi connectivity index (χ0) is 13.9. The van der Waals surface area contributed by atoms with Gasteiger partial charge in [-0.3, -0.25) is 0 Å². The summed E-state index contributed by atoms with van der Waals surface area (Å²) in [5.74, 6) is -0.371. The fourth-order valence-corrected chi connectivity index (χ4v) is 3.39. The molecule has 1 aromatic rings. The van der Waals surface area contributed by atoms with Crippen molar-refractivity contribution in [2.45, 2.75) is 43.2 Å². The lowest BCUT2D eigenvalue weighted by Gasteiger charge is -2.27. The lowest BCUT2D eigenvalue weighted by Crippen LogP contribution is -2.25. The van der Waals surface area contributed by atoms with Crippen LogP contribution in [0.3, 0.4) is 0 Å². The van der Waals surface area contributed by atoms with Gasteiger partial charge >= 0.3 is 0 Å². The molecule has 0 radical (unpaired) electrons. The van der Waals surface area contributed by atoms with Crippen molar-refractivity contribution in [3.8, 4) is 0 Å². The Balaban J connectivity index is 0.00000200. The minimum Gasteiger partial charge on any atom is -0.330 e. The van der Waals surface area contributed by atoms with E-state index in [0.29, 0.717) is 31.7 Å². The first-order chi connectivity index (χ1) is 9.02. The maximum atomic E-state index is 13.0. The maximum Gasteiger partial charge on any atom is 0.248 e. The van der Waals surface area contributed by atoms with E-state index in [4.69, 9.17) is 5.73 Å². The van der Waals surface area contributed by atoms with Crippen molar-refractivity contribution in [2.24, 2.45) is 18.7 Å². The molecule has 0 amide bonds. The predicted octanol–water partition coefficient (Wildman–Crippen LogP) is 2.66. The molecule has 116 valence electrons. The molecule has 2 N–H and O–H groups in total. The van der Waals surface area contributed by atoms with Gasteiger partial charge in [-0.2, -0.15) is 0 Å². The fourth-order valence-electron chi connectivity index (χ4n) is 2.28. The standard InChI is InChI=1S/C12H20F2N4S.ClH/c1-18-10(4-7-15)16-17-11(18)19-8-9-2-5-12(13,14)6-3-9;/h9H,2-8,15H2,1H3;1H. The molecule has 20 heavy (non-hydrogen) atoms. The molecule has 1 aliphatic rings. The van der Waals surface area contributed by atoms with Gasteiger partial charge in [-0.25, -0.2) is 8.78 Å². The lowest BCUT2D eigenvalue weighted by atomic mass is 9.88. The van der Waals surface area contributed by atoms with Crippen LogP contribution in [0.4, 0.5) is 8.78 Å². The molecule has 0 aromatic carbocycles. The zero-order valence-electron chi connectivity index (χ0n) is 11.5. The van der Waals surface area contributed by atoms with E-state index in [1.807, 2.05) is 11.6 Å². The Morgan fingerprint density at radius 1 is 1.35 bits per heavy atom. The number of rotatable bonds is 5. The summed E-state index contributed by atoms with van der Waals surface area (Å²) in [6.07, 6.45) is 1.96. The zero-order valence-corrected chi connectivity index (χ0v) is 13.2. The summed E-state index contributed by atoms with van der Waals surface area (Å²) in [5.41, 5.74) is 5.50. The molecule has 8 heteroatoms. The van der Waals surface area contributed by atoms with Gasteiger partial charge in [-0.15, -0.1) is 22.6 Å². The molecule has 0 atom stereocenters. The number of aromatic nitrogens is 3. The van der Waals surface area contributed by atoms with E-state index in [1.165, 1.54) is 0 Å². The Labute approximate surface area is 128 Å².